The number of hydrogen-bond donors (Lipinski definition) is 0. The number of Topliss-reactive ketones (excluding diaryl/α,β-unsaturated/α-hetero) is 1. The van der Waals surface area contributed by atoms with Gasteiger partial charge >= 0.3 is 6.18 Å². The van der Waals surface area contributed by atoms with Crippen LogP contribution in [0.1, 0.15) is 15.9 Å². The van der Waals surface area contributed by atoms with Gasteiger partial charge in [-0.25, -0.2) is 4.39 Å². The van der Waals surface area contributed by atoms with Crippen LogP contribution in [0, 0.1) is 5.82 Å². The molecule has 1 aromatic rings. The summed E-state index contributed by atoms with van der Waals surface area (Å²) in [5, 5.41) is 0. The second kappa shape index (κ2) is 4.61. The summed E-state index contributed by atoms with van der Waals surface area (Å²) < 4.78 is 54.2. The number of ketones is 1. The number of carbonyl (C=O) groups excluding carboxylic acids is 1. The molecule has 0 unspecified atom stereocenters. The normalized spacial score (nSPS) is 11.6. The van der Waals surface area contributed by atoms with Crippen molar-refractivity contribution in [2.24, 2.45) is 0 Å². The summed E-state index contributed by atoms with van der Waals surface area (Å²) in [5.74, 6) is -2.03. The highest BCUT2D eigenvalue weighted by molar-refractivity contribution is 5.97. The smallest absolute Gasteiger partial charge is 0.377 e. The van der Waals surface area contributed by atoms with E-state index in [0.717, 1.165) is 6.07 Å². The van der Waals surface area contributed by atoms with Crippen LogP contribution in [0.2, 0.25) is 0 Å². The van der Waals surface area contributed by atoms with E-state index in [1.54, 1.807) is 0 Å². The van der Waals surface area contributed by atoms with Crippen LogP contribution < -0.4 is 0 Å². The molecule has 0 amide bonds. The van der Waals surface area contributed by atoms with Crippen molar-refractivity contribution in [1.82, 2.24) is 0 Å². The Morgan fingerprint density at radius 2 is 2.00 bits per heavy atom. The molecule has 16 heavy (non-hydrogen) atoms. The van der Waals surface area contributed by atoms with E-state index in [4.69, 9.17) is 0 Å². The SMILES string of the molecule is COCC(=O)c1ccc(F)c(C(F)(F)F)c1. The predicted molar refractivity (Wildman–Crippen MR) is 47.6 cm³/mol. The fourth-order valence-corrected chi connectivity index (χ4v) is 1.13. The number of halogens is 4. The number of alkyl halides is 3. The maximum absolute atomic E-state index is 12.9. The van der Waals surface area contributed by atoms with Crippen LogP contribution in [-0.2, 0) is 10.9 Å². The molecule has 0 radical (unpaired) electrons. The van der Waals surface area contributed by atoms with Gasteiger partial charge in [0.25, 0.3) is 0 Å². The second-order valence-corrected chi connectivity index (χ2v) is 3.05. The summed E-state index contributed by atoms with van der Waals surface area (Å²) >= 11 is 0. The molecule has 0 saturated heterocycles. The summed E-state index contributed by atoms with van der Waals surface area (Å²) in [4.78, 5) is 11.2. The molecule has 0 aliphatic carbocycles. The van der Waals surface area contributed by atoms with Crippen LogP contribution in [0.25, 0.3) is 0 Å². The van der Waals surface area contributed by atoms with E-state index in [1.165, 1.54) is 7.11 Å². The standard InChI is InChI=1S/C10H8F4O2/c1-16-5-9(15)6-2-3-8(11)7(4-6)10(12,13)14/h2-4H,5H2,1H3. The average Bonchev–Trinajstić information content (AvgIpc) is 2.16. The van der Waals surface area contributed by atoms with Crippen LogP contribution in [0.3, 0.4) is 0 Å². The Morgan fingerprint density at radius 3 is 2.50 bits per heavy atom. The molecule has 0 spiro atoms. The molecule has 0 aliphatic rings. The zero-order valence-corrected chi connectivity index (χ0v) is 8.27. The molecule has 0 N–H and O–H groups in total. The van der Waals surface area contributed by atoms with Crippen molar-refractivity contribution >= 4 is 5.78 Å². The van der Waals surface area contributed by atoms with E-state index in [1.807, 2.05) is 0 Å². The summed E-state index contributed by atoms with van der Waals surface area (Å²) in [5.41, 5.74) is -1.68. The molecule has 0 saturated carbocycles. The van der Waals surface area contributed by atoms with Crippen molar-refractivity contribution in [3.8, 4) is 0 Å². The van der Waals surface area contributed by atoms with E-state index in [0.29, 0.717) is 12.1 Å². The summed E-state index contributed by atoms with van der Waals surface area (Å²) in [7, 11) is 1.24. The number of ether oxygens (including phenoxy) is 1. The molecular weight excluding hydrogens is 228 g/mol. The van der Waals surface area contributed by atoms with Crippen molar-refractivity contribution in [2.45, 2.75) is 6.18 Å². The van der Waals surface area contributed by atoms with Gasteiger partial charge in [-0.15, -0.1) is 0 Å². The van der Waals surface area contributed by atoms with Gasteiger partial charge in [-0.2, -0.15) is 13.2 Å². The van der Waals surface area contributed by atoms with E-state index >= 15 is 0 Å². The summed E-state index contributed by atoms with van der Waals surface area (Å²) in [6, 6.07) is 2.09. The Balaban J connectivity index is 3.13. The lowest BCUT2D eigenvalue weighted by Crippen LogP contribution is -2.12. The first-order valence-electron chi connectivity index (χ1n) is 4.25. The van der Waals surface area contributed by atoms with Crippen LogP contribution >= 0.6 is 0 Å². The van der Waals surface area contributed by atoms with E-state index in [2.05, 4.69) is 4.74 Å². The molecule has 1 aromatic carbocycles. The Labute approximate surface area is 88.8 Å². The first kappa shape index (κ1) is 12.6. The molecule has 88 valence electrons. The van der Waals surface area contributed by atoms with Gasteiger partial charge < -0.3 is 4.74 Å². The Hall–Kier alpha value is -1.43. The van der Waals surface area contributed by atoms with Crippen LogP contribution in [0.4, 0.5) is 17.6 Å². The number of hydrogen-bond acceptors (Lipinski definition) is 2. The maximum Gasteiger partial charge on any atom is 0.419 e. The number of methoxy groups -OCH3 is 1. The minimum absolute atomic E-state index is 0.226. The largest absolute Gasteiger partial charge is 0.419 e. The third-order valence-corrected chi connectivity index (χ3v) is 1.87. The number of benzene rings is 1. The first-order valence-corrected chi connectivity index (χ1v) is 4.25. The molecule has 0 aliphatic heterocycles. The number of rotatable bonds is 3. The lowest BCUT2D eigenvalue weighted by atomic mass is 10.1. The lowest BCUT2D eigenvalue weighted by molar-refractivity contribution is -0.140. The molecule has 0 heterocycles. The van der Waals surface area contributed by atoms with Crippen LogP contribution in [-0.4, -0.2) is 19.5 Å². The second-order valence-electron chi connectivity index (χ2n) is 3.05. The molecule has 1 rings (SSSR count). The highest BCUT2D eigenvalue weighted by Crippen LogP contribution is 2.31. The van der Waals surface area contributed by atoms with E-state index in [9.17, 15) is 22.4 Å². The summed E-state index contributed by atoms with van der Waals surface area (Å²) in [6.45, 7) is -0.344. The van der Waals surface area contributed by atoms with Gasteiger partial charge in [-0.05, 0) is 18.2 Å². The molecule has 0 bridgehead atoms. The van der Waals surface area contributed by atoms with Gasteiger partial charge in [0, 0.05) is 12.7 Å². The van der Waals surface area contributed by atoms with Crippen molar-refractivity contribution in [1.29, 1.82) is 0 Å². The van der Waals surface area contributed by atoms with Gasteiger partial charge in [0.1, 0.15) is 12.4 Å². The lowest BCUT2D eigenvalue weighted by Gasteiger charge is -2.09. The fourth-order valence-electron chi connectivity index (χ4n) is 1.13. The molecule has 6 heteroatoms. The Bertz CT molecular complexity index is 398. The topological polar surface area (TPSA) is 26.3 Å². The Morgan fingerprint density at radius 1 is 1.38 bits per heavy atom. The van der Waals surface area contributed by atoms with Gasteiger partial charge in [-0.3, -0.25) is 4.79 Å². The minimum atomic E-state index is -4.81. The number of carbonyl (C=O) groups is 1. The van der Waals surface area contributed by atoms with Crippen molar-refractivity contribution in [2.75, 3.05) is 13.7 Å². The molecule has 0 aromatic heterocycles. The van der Waals surface area contributed by atoms with Gasteiger partial charge in [0.05, 0.1) is 5.56 Å². The minimum Gasteiger partial charge on any atom is -0.377 e. The zero-order chi connectivity index (χ0) is 12.3. The molecule has 0 fully saturated rings. The van der Waals surface area contributed by atoms with Crippen molar-refractivity contribution < 1.29 is 27.1 Å². The predicted octanol–water partition coefficient (Wildman–Crippen LogP) is 2.67. The molecular formula is C10H8F4O2. The van der Waals surface area contributed by atoms with Crippen LogP contribution in [0.15, 0.2) is 18.2 Å². The highest BCUT2D eigenvalue weighted by Gasteiger charge is 2.34. The van der Waals surface area contributed by atoms with Gasteiger partial charge in [0.2, 0.25) is 0 Å². The van der Waals surface area contributed by atoms with Crippen molar-refractivity contribution in [3.05, 3.63) is 35.1 Å². The summed E-state index contributed by atoms with van der Waals surface area (Å²) in [6.07, 6.45) is -4.81. The zero-order valence-electron chi connectivity index (χ0n) is 8.27. The van der Waals surface area contributed by atoms with Gasteiger partial charge in [-0.1, -0.05) is 0 Å². The first-order chi connectivity index (χ1) is 7.36. The maximum atomic E-state index is 12.9. The fraction of sp³-hybridized carbons (Fsp3) is 0.300. The van der Waals surface area contributed by atoms with E-state index in [-0.39, 0.29) is 12.2 Å². The average molecular weight is 236 g/mol. The third-order valence-electron chi connectivity index (χ3n) is 1.87. The quantitative estimate of drug-likeness (QED) is 0.595. The van der Waals surface area contributed by atoms with Gasteiger partial charge in [0.15, 0.2) is 5.78 Å². The molecule has 2 nitrogen and oxygen atoms in total. The Kier molecular flexibility index (Phi) is 3.64. The van der Waals surface area contributed by atoms with E-state index < -0.39 is 23.3 Å². The monoisotopic (exact) mass is 236 g/mol. The van der Waals surface area contributed by atoms with Crippen LogP contribution in [0.5, 0.6) is 0 Å². The van der Waals surface area contributed by atoms with Crippen molar-refractivity contribution in [3.63, 3.8) is 0 Å². The third kappa shape index (κ3) is 2.79. The highest BCUT2D eigenvalue weighted by atomic mass is 19.4. The molecule has 0 atom stereocenters.